The van der Waals surface area contributed by atoms with E-state index in [1.165, 1.54) is 81.4 Å². The molecule has 116 valence electrons. The summed E-state index contributed by atoms with van der Waals surface area (Å²) in [6.45, 7) is 14.6. The molecule has 0 aromatic rings. The van der Waals surface area contributed by atoms with Crippen molar-refractivity contribution < 1.29 is 4.48 Å². The van der Waals surface area contributed by atoms with Gasteiger partial charge in [-0.05, 0) is 33.6 Å². The van der Waals surface area contributed by atoms with E-state index in [0.717, 1.165) is 0 Å². The van der Waals surface area contributed by atoms with Crippen LogP contribution >= 0.6 is 0 Å². The lowest BCUT2D eigenvalue weighted by molar-refractivity contribution is -0.923. The van der Waals surface area contributed by atoms with E-state index in [0.29, 0.717) is 0 Å². The topological polar surface area (TPSA) is 58.5 Å². The largest absolute Gasteiger partial charge is 0.422 e. The highest BCUT2D eigenvalue weighted by molar-refractivity contribution is 5.46. The first-order chi connectivity index (χ1) is 9.66. The van der Waals surface area contributed by atoms with Gasteiger partial charge in [-0.15, -0.1) is 6.01 Å². The molecule has 0 radical (unpaired) electrons. The Hall–Kier alpha value is -1.17. The monoisotopic (exact) mass is 280 g/mol. The molecule has 0 N–H and O–H groups in total. The summed E-state index contributed by atoms with van der Waals surface area (Å²) in [4.78, 5) is 2.58. The van der Waals surface area contributed by atoms with Crippen molar-refractivity contribution in [2.45, 2.75) is 66.2 Å². The third-order valence-electron chi connectivity index (χ3n) is 4.10. The molecule has 0 aliphatic carbocycles. The van der Waals surface area contributed by atoms with E-state index < -0.39 is 0 Å². The highest BCUT2D eigenvalue weighted by atomic mass is 15.3. The quantitative estimate of drug-likeness (QED) is 0.253. The van der Waals surface area contributed by atoms with Gasteiger partial charge >= 0.3 is 0 Å². The average molecular weight is 280 g/mol. The number of nitriles is 1. The number of hydrogen-bond acceptors (Lipinski definition) is 2. The van der Waals surface area contributed by atoms with Crippen molar-refractivity contribution in [3.8, 4) is 6.19 Å². The highest BCUT2D eigenvalue weighted by Gasteiger charge is 2.19. The van der Waals surface area contributed by atoms with Crippen LogP contribution in [0.2, 0.25) is 0 Å². The Kier molecular flexibility index (Phi) is 16.8. The minimum Gasteiger partial charge on any atom is -0.422 e. The lowest BCUT2D eigenvalue weighted by Crippen LogP contribution is -2.48. The van der Waals surface area contributed by atoms with Crippen LogP contribution in [0.25, 0.3) is 5.41 Å². The third-order valence-corrected chi connectivity index (χ3v) is 4.10. The van der Waals surface area contributed by atoms with E-state index in [1.54, 1.807) is 0 Å². The molecule has 0 saturated heterocycles. The number of aliphatic imine (C=N–C) groups is 1. The molecule has 0 aromatic carbocycles. The zero-order valence-electron chi connectivity index (χ0n) is 13.9. The SMILES string of the molecule is CCCCCCCC[N+](CC)(CC)CC.N#CN=C=[N-]. The lowest BCUT2D eigenvalue weighted by Gasteiger charge is -2.35. The first-order valence-corrected chi connectivity index (χ1v) is 7.99. The third kappa shape index (κ3) is 11.9. The highest BCUT2D eigenvalue weighted by Crippen LogP contribution is 2.11. The van der Waals surface area contributed by atoms with Crippen molar-refractivity contribution in [3.63, 3.8) is 0 Å². The van der Waals surface area contributed by atoms with Gasteiger partial charge in [0.25, 0.3) is 0 Å². The molecule has 0 aliphatic rings. The molecule has 20 heavy (non-hydrogen) atoms. The zero-order chi connectivity index (χ0) is 15.7. The summed E-state index contributed by atoms with van der Waals surface area (Å²) in [6, 6.07) is 1.28. The fourth-order valence-electron chi connectivity index (χ4n) is 2.40. The van der Waals surface area contributed by atoms with Crippen LogP contribution in [0.5, 0.6) is 0 Å². The Bertz CT molecular complexity index is 275. The molecule has 0 atom stereocenters. The van der Waals surface area contributed by atoms with Gasteiger partial charge in [-0.3, -0.25) is 0 Å². The maximum absolute atomic E-state index is 7.43. The summed E-state index contributed by atoms with van der Waals surface area (Å²) in [5.74, 6) is 0. The molecule has 0 aliphatic heterocycles. The van der Waals surface area contributed by atoms with Gasteiger partial charge in [0.2, 0.25) is 0 Å². The van der Waals surface area contributed by atoms with Crippen molar-refractivity contribution in [1.29, 1.82) is 5.26 Å². The van der Waals surface area contributed by atoms with Crippen LogP contribution in [0.1, 0.15) is 66.2 Å². The molecule has 0 bridgehead atoms. The van der Waals surface area contributed by atoms with Crippen LogP contribution in [0.15, 0.2) is 4.99 Å². The first-order valence-electron chi connectivity index (χ1n) is 7.99. The summed E-state index contributed by atoms with van der Waals surface area (Å²) in [5, 5.41) is 14.9. The van der Waals surface area contributed by atoms with E-state index in [1.807, 2.05) is 0 Å². The number of quaternary nitrogens is 1. The van der Waals surface area contributed by atoms with Gasteiger partial charge in [0, 0.05) is 0 Å². The molecule has 0 aromatic heterocycles. The van der Waals surface area contributed by atoms with Crippen LogP contribution in [-0.4, -0.2) is 36.7 Å². The minimum atomic E-state index is 1.28. The molecule has 0 spiro atoms. The second-order valence-corrected chi connectivity index (χ2v) is 5.09. The van der Waals surface area contributed by atoms with Crippen LogP contribution in [-0.2, 0) is 0 Å². The summed E-state index contributed by atoms with van der Waals surface area (Å²) < 4.78 is 1.33. The fraction of sp³-hybridized carbons (Fsp3) is 0.875. The predicted molar refractivity (Wildman–Crippen MR) is 86.5 cm³/mol. The van der Waals surface area contributed by atoms with Crippen LogP contribution in [0, 0.1) is 11.5 Å². The maximum atomic E-state index is 7.43. The van der Waals surface area contributed by atoms with Gasteiger partial charge in [0.05, 0.1) is 32.4 Å². The standard InChI is InChI=1S/C14H32N.C2N3/c1-5-9-10-11-12-13-14-15(6-2,7-3)8-4;3-1-5-2-4/h5-14H2,1-4H3;/q+1;-1. The first kappa shape index (κ1) is 21.1. The van der Waals surface area contributed by atoms with Gasteiger partial charge in [0.1, 0.15) is 0 Å². The van der Waals surface area contributed by atoms with Gasteiger partial charge < -0.3 is 14.9 Å². The van der Waals surface area contributed by atoms with E-state index in [9.17, 15) is 0 Å². The maximum Gasteiger partial charge on any atom is 0.0925 e. The zero-order valence-corrected chi connectivity index (χ0v) is 13.9. The molecule has 0 fully saturated rings. The van der Waals surface area contributed by atoms with Crippen molar-refractivity contribution in [2.24, 2.45) is 4.99 Å². The molecule has 0 rings (SSSR count). The molecule has 0 unspecified atom stereocenters. The Balaban J connectivity index is 0. The molecule has 0 heterocycles. The Labute approximate surface area is 125 Å². The van der Waals surface area contributed by atoms with Crippen LogP contribution < -0.4 is 0 Å². The summed E-state index contributed by atoms with van der Waals surface area (Å²) in [7, 11) is 0. The Morgan fingerprint density at radius 3 is 1.75 bits per heavy atom. The fourth-order valence-corrected chi connectivity index (χ4v) is 2.40. The van der Waals surface area contributed by atoms with Crippen molar-refractivity contribution in [2.75, 3.05) is 26.2 Å². The second-order valence-electron chi connectivity index (χ2n) is 5.09. The smallest absolute Gasteiger partial charge is 0.0925 e. The second kappa shape index (κ2) is 15.9. The van der Waals surface area contributed by atoms with Crippen LogP contribution in [0.4, 0.5) is 0 Å². The summed E-state index contributed by atoms with van der Waals surface area (Å²) in [6.07, 6.45) is 9.84. The van der Waals surface area contributed by atoms with Crippen molar-refractivity contribution in [3.05, 3.63) is 5.41 Å². The lowest BCUT2D eigenvalue weighted by atomic mass is 10.1. The van der Waals surface area contributed by atoms with E-state index in [2.05, 4.69) is 32.7 Å². The summed E-state index contributed by atoms with van der Waals surface area (Å²) >= 11 is 0. The van der Waals surface area contributed by atoms with Gasteiger partial charge in [-0.1, -0.05) is 32.6 Å². The molecular formula is C16H32N4. The van der Waals surface area contributed by atoms with Crippen LogP contribution in [0.3, 0.4) is 0 Å². The predicted octanol–water partition coefficient (Wildman–Crippen LogP) is 4.43. The van der Waals surface area contributed by atoms with E-state index in [4.69, 9.17) is 10.7 Å². The Morgan fingerprint density at radius 1 is 0.900 bits per heavy atom. The molecule has 4 nitrogen and oxygen atoms in total. The molecule has 4 heteroatoms. The van der Waals surface area contributed by atoms with E-state index in [-0.39, 0.29) is 0 Å². The minimum absolute atomic E-state index is 1.28. The van der Waals surface area contributed by atoms with Gasteiger partial charge in [0.15, 0.2) is 0 Å². The van der Waals surface area contributed by atoms with Crippen molar-refractivity contribution >= 4 is 6.01 Å². The number of rotatable bonds is 10. The average Bonchev–Trinajstić information content (AvgIpc) is 2.49. The van der Waals surface area contributed by atoms with Crippen molar-refractivity contribution in [1.82, 2.24) is 0 Å². The molecule has 0 amide bonds. The number of unbranched alkanes of at least 4 members (excludes halogenated alkanes) is 5. The number of nitrogens with zero attached hydrogens (tertiary/aromatic N) is 4. The molecule has 0 saturated carbocycles. The van der Waals surface area contributed by atoms with E-state index >= 15 is 0 Å². The Morgan fingerprint density at radius 2 is 1.40 bits per heavy atom. The molecular weight excluding hydrogens is 248 g/mol. The number of hydrogen-bond donors (Lipinski definition) is 0. The van der Waals surface area contributed by atoms with Gasteiger partial charge in [-0.25, -0.2) is 0 Å². The normalized spacial score (nSPS) is 9.95. The van der Waals surface area contributed by atoms with Gasteiger partial charge in [-0.2, -0.15) is 5.26 Å². The summed E-state index contributed by atoms with van der Waals surface area (Å²) in [5.41, 5.74) is 0.